The van der Waals surface area contributed by atoms with Crippen LogP contribution in [0, 0.1) is 6.92 Å². The first-order valence-electron chi connectivity index (χ1n) is 9.59. The minimum absolute atomic E-state index is 0.1000. The van der Waals surface area contributed by atoms with Gasteiger partial charge in [0.1, 0.15) is 23.7 Å². The molecule has 1 aromatic heterocycles. The Labute approximate surface area is 185 Å². The molecule has 0 radical (unpaired) electrons. The number of rotatable bonds is 6. The van der Waals surface area contributed by atoms with Crippen molar-refractivity contribution in [1.29, 1.82) is 0 Å². The molecule has 31 heavy (non-hydrogen) atoms. The Morgan fingerprint density at radius 2 is 1.77 bits per heavy atom. The maximum Gasteiger partial charge on any atom is 0.338 e. The normalized spacial score (nSPS) is 11.3. The van der Waals surface area contributed by atoms with Crippen molar-refractivity contribution in [2.75, 3.05) is 0 Å². The summed E-state index contributed by atoms with van der Waals surface area (Å²) in [6.45, 7) is 7.29. The molecule has 0 aliphatic rings. The molecule has 1 N–H and O–H groups in total. The van der Waals surface area contributed by atoms with Crippen molar-refractivity contribution in [3.8, 4) is 11.4 Å². The first kappa shape index (κ1) is 22.4. The fourth-order valence-electron chi connectivity index (χ4n) is 2.84. The van der Waals surface area contributed by atoms with Gasteiger partial charge in [0, 0.05) is 0 Å². The Morgan fingerprint density at radius 3 is 2.39 bits per heavy atom. The number of esters is 1. The second-order valence-electron chi connectivity index (χ2n) is 7.93. The molecule has 0 atom stereocenters. The highest BCUT2D eigenvalue weighted by atomic mass is 35.5. The molecule has 3 aromatic rings. The van der Waals surface area contributed by atoms with E-state index in [-0.39, 0.29) is 12.2 Å². The van der Waals surface area contributed by atoms with Crippen LogP contribution in [0.2, 0.25) is 5.02 Å². The SMILES string of the molecule is Cc1nn(-c2cccc(C(=O)O)c2)c(COc2ccc(C(=O)OC(C)(C)C)cc2)c1Cl. The van der Waals surface area contributed by atoms with Crippen LogP contribution in [-0.4, -0.2) is 32.4 Å². The van der Waals surface area contributed by atoms with E-state index in [9.17, 15) is 14.7 Å². The van der Waals surface area contributed by atoms with Gasteiger partial charge in [-0.1, -0.05) is 17.7 Å². The van der Waals surface area contributed by atoms with Crippen molar-refractivity contribution < 1.29 is 24.2 Å². The third kappa shape index (κ3) is 5.44. The van der Waals surface area contributed by atoms with Crippen molar-refractivity contribution in [3.63, 3.8) is 0 Å². The number of nitrogens with zero attached hydrogens (tertiary/aromatic N) is 2. The van der Waals surface area contributed by atoms with Gasteiger partial charge in [0.25, 0.3) is 0 Å². The molecular formula is C23H23ClN2O5. The summed E-state index contributed by atoms with van der Waals surface area (Å²) in [5.41, 5.74) is 1.74. The molecular weight excluding hydrogens is 420 g/mol. The molecule has 2 aromatic carbocycles. The zero-order valence-corrected chi connectivity index (χ0v) is 18.4. The number of carbonyl (C=O) groups is 2. The molecule has 8 heteroatoms. The monoisotopic (exact) mass is 442 g/mol. The van der Waals surface area contributed by atoms with Gasteiger partial charge in [0.05, 0.1) is 27.5 Å². The van der Waals surface area contributed by atoms with Gasteiger partial charge >= 0.3 is 11.9 Å². The zero-order chi connectivity index (χ0) is 22.8. The lowest BCUT2D eigenvalue weighted by atomic mass is 10.1. The number of ether oxygens (including phenoxy) is 2. The fraction of sp³-hybridized carbons (Fsp3) is 0.261. The molecule has 0 amide bonds. The Bertz CT molecular complexity index is 1110. The number of aryl methyl sites for hydroxylation is 1. The van der Waals surface area contributed by atoms with E-state index in [2.05, 4.69) is 5.10 Å². The van der Waals surface area contributed by atoms with Crippen LogP contribution in [0.5, 0.6) is 5.75 Å². The van der Waals surface area contributed by atoms with Crippen LogP contribution < -0.4 is 4.74 Å². The highest BCUT2D eigenvalue weighted by Crippen LogP contribution is 2.26. The highest BCUT2D eigenvalue weighted by Gasteiger charge is 2.19. The number of aromatic carboxylic acids is 1. The van der Waals surface area contributed by atoms with E-state index < -0.39 is 17.5 Å². The zero-order valence-electron chi connectivity index (χ0n) is 17.7. The van der Waals surface area contributed by atoms with Crippen molar-refractivity contribution in [2.24, 2.45) is 0 Å². The van der Waals surface area contributed by atoms with Gasteiger partial charge < -0.3 is 14.6 Å². The molecule has 3 rings (SSSR count). The molecule has 1 heterocycles. The second kappa shape index (κ2) is 8.81. The number of carbonyl (C=O) groups excluding carboxylic acids is 1. The maximum absolute atomic E-state index is 12.1. The van der Waals surface area contributed by atoms with Gasteiger partial charge in [-0.2, -0.15) is 5.10 Å². The van der Waals surface area contributed by atoms with Crippen LogP contribution in [0.15, 0.2) is 48.5 Å². The van der Waals surface area contributed by atoms with Crippen LogP contribution in [0.3, 0.4) is 0 Å². The Hall–Kier alpha value is -3.32. The van der Waals surface area contributed by atoms with Gasteiger partial charge in [0.15, 0.2) is 0 Å². The summed E-state index contributed by atoms with van der Waals surface area (Å²) in [6.07, 6.45) is 0. The minimum Gasteiger partial charge on any atom is -0.487 e. The van der Waals surface area contributed by atoms with Crippen molar-refractivity contribution in [3.05, 3.63) is 76.1 Å². The Kier molecular flexibility index (Phi) is 6.36. The summed E-state index contributed by atoms with van der Waals surface area (Å²) in [4.78, 5) is 23.4. The predicted molar refractivity (Wildman–Crippen MR) is 116 cm³/mol. The molecule has 0 fully saturated rings. The molecule has 0 aliphatic carbocycles. The number of hydrogen-bond donors (Lipinski definition) is 1. The van der Waals surface area contributed by atoms with Crippen LogP contribution in [-0.2, 0) is 11.3 Å². The summed E-state index contributed by atoms with van der Waals surface area (Å²) in [6, 6.07) is 13.0. The maximum atomic E-state index is 12.1. The standard InChI is InChI=1S/C23H23ClN2O5/c1-14-20(24)19(26(25-14)17-7-5-6-16(12-17)21(27)28)13-30-18-10-8-15(9-11-18)22(29)31-23(2,3)4/h5-12H,13H2,1-4H3,(H,27,28). The van der Waals surface area contributed by atoms with Crippen LogP contribution in [0.25, 0.3) is 5.69 Å². The van der Waals surface area contributed by atoms with Crippen LogP contribution in [0.1, 0.15) is 52.9 Å². The largest absolute Gasteiger partial charge is 0.487 e. The molecule has 7 nitrogen and oxygen atoms in total. The van der Waals surface area contributed by atoms with E-state index >= 15 is 0 Å². The van der Waals surface area contributed by atoms with Gasteiger partial charge in [-0.05, 0) is 70.2 Å². The van der Waals surface area contributed by atoms with Crippen LogP contribution in [0.4, 0.5) is 0 Å². The number of carboxylic acids is 1. The molecule has 0 bridgehead atoms. The fourth-order valence-corrected chi connectivity index (χ4v) is 3.01. The smallest absolute Gasteiger partial charge is 0.338 e. The highest BCUT2D eigenvalue weighted by molar-refractivity contribution is 6.31. The Balaban J connectivity index is 1.79. The van der Waals surface area contributed by atoms with Crippen molar-refractivity contribution >= 4 is 23.5 Å². The third-order valence-corrected chi connectivity index (χ3v) is 4.77. The molecule has 162 valence electrons. The van der Waals surface area contributed by atoms with Crippen LogP contribution >= 0.6 is 11.6 Å². The lowest BCUT2D eigenvalue weighted by molar-refractivity contribution is 0.00693. The second-order valence-corrected chi connectivity index (χ2v) is 8.31. The molecule has 0 saturated carbocycles. The van der Waals surface area contributed by atoms with E-state index in [1.807, 2.05) is 20.8 Å². The number of carboxylic acid groups (broad SMARTS) is 1. The number of halogens is 1. The molecule has 0 aliphatic heterocycles. The third-order valence-electron chi connectivity index (χ3n) is 4.28. The lowest BCUT2D eigenvalue weighted by Gasteiger charge is -2.19. The number of aromatic nitrogens is 2. The number of benzene rings is 2. The van der Waals surface area contributed by atoms with Crippen molar-refractivity contribution in [2.45, 2.75) is 39.9 Å². The first-order chi connectivity index (χ1) is 14.5. The average molecular weight is 443 g/mol. The summed E-state index contributed by atoms with van der Waals surface area (Å²) < 4.78 is 12.8. The van der Waals surface area contributed by atoms with Gasteiger partial charge in [-0.15, -0.1) is 0 Å². The van der Waals surface area contributed by atoms with E-state index in [1.165, 1.54) is 12.1 Å². The quantitative estimate of drug-likeness (QED) is 0.536. The topological polar surface area (TPSA) is 90.7 Å². The summed E-state index contributed by atoms with van der Waals surface area (Å²) in [7, 11) is 0. The minimum atomic E-state index is -1.03. The van der Waals surface area contributed by atoms with Gasteiger partial charge in [-0.3, -0.25) is 0 Å². The van der Waals surface area contributed by atoms with E-state index in [0.717, 1.165) is 0 Å². The molecule has 0 unspecified atom stereocenters. The average Bonchev–Trinajstić information content (AvgIpc) is 2.99. The Morgan fingerprint density at radius 1 is 1.10 bits per heavy atom. The number of hydrogen-bond acceptors (Lipinski definition) is 5. The van der Waals surface area contributed by atoms with Gasteiger partial charge in [-0.25, -0.2) is 14.3 Å². The lowest BCUT2D eigenvalue weighted by Crippen LogP contribution is -2.23. The van der Waals surface area contributed by atoms with E-state index in [4.69, 9.17) is 21.1 Å². The van der Waals surface area contributed by atoms with Crippen molar-refractivity contribution in [1.82, 2.24) is 9.78 Å². The van der Waals surface area contributed by atoms with Gasteiger partial charge in [0.2, 0.25) is 0 Å². The molecule has 0 saturated heterocycles. The summed E-state index contributed by atoms with van der Waals surface area (Å²) in [5.74, 6) is -0.901. The van der Waals surface area contributed by atoms with E-state index in [0.29, 0.717) is 33.4 Å². The first-order valence-corrected chi connectivity index (χ1v) is 9.97. The summed E-state index contributed by atoms with van der Waals surface area (Å²) >= 11 is 6.42. The molecule has 0 spiro atoms. The predicted octanol–water partition coefficient (Wildman–Crippen LogP) is 5.07. The van der Waals surface area contributed by atoms with E-state index in [1.54, 1.807) is 48.0 Å². The summed E-state index contributed by atoms with van der Waals surface area (Å²) in [5, 5.41) is 14.1.